The van der Waals surface area contributed by atoms with Gasteiger partial charge in [0.2, 0.25) is 0 Å². The zero-order valence-corrected chi connectivity index (χ0v) is 12.7. The summed E-state index contributed by atoms with van der Waals surface area (Å²) in [6.07, 6.45) is 1.46. The predicted octanol–water partition coefficient (Wildman–Crippen LogP) is 2.33. The smallest absolute Gasteiger partial charge is 0.161 e. The minimum atomic E-state index is -0.113. The van der Waals surface area contributed by atoms with Crippen molar-refractivity contribution < 1.29 is 29.3 Å². The molecule has 0 aliphatic heterocycles. The number of hydrogen-bond donors (Lipinski definition) is 2. The molecule has 0 aliphatic rings. The van der Waals surface area contributed by atoms with Crippen LogP contribution in [-0.4, -0.2) is 37.0 Å². The lowest BCUT2D eigenvalue weighted by Crippen LogP contribution is -2.00. The van der Waals surface area contributed by atoms with Gasteiger partial charge in [0, 0.05) is 11.1 Å². The SMILES string of the molecule is COc1cc(C=O)c(Cc2cc(O)c(OC)cc2C=O)cc1O. The van der Waals surface area contributed by atoms with Gasteiger partial charge in [-0.15, -0.1) is 0 Å². The van der Waals surface area contributed by atoms with E-state index in [0.717, 1.165) is 0 Å². The summed E-state index contributed by atoms with van der Waals surface area (Å²) >= 11 is 0. The van der Waals surface area contributed by atoms with E-state index in [1.165, 1.54) is 38.5 Å². The maximum Gasteiger partial charge on any atom is 0.161 e. The molecule has 0 spiro atoms. The maximum absolute atomic E-state index is 11.2. The van der Waals surface area contributed by atoms with E-state index in [4.69, 9.17) is 9.47 Å². The molecule has 2 rings (SSSR count). The van der Waals surface area contributed by atoms with Crippen molar-refractivity contribution >= 4 is 12.6 Å². The van der Waals surface area contributed by atoms with Crippen molar-refractivity contribution in [1.29, 1.82) is 0 Å². The van der Waals surface area contributed by atoms with Crippen molar-refractivity contribution in [2.45, 2.75) is 6.42 Å². The Morgan fingerprint density at radius 2 is 1.22 bits per heavy atom. The monoisotopic (exact) mass is 316 g/mol. The molecule has 0 fully saturated rings. The number of phenols is 2. The number of benzene rings is 2. The molecule has 2 aromatic carbocycles. The Hall–Kier alpha value is -3.02. The molecule has 2 aromatic rings. The van der Waals surface area contributed by atoms with Crippen LogP contribution in [0.25, 0.3) is 0 Å². The summed E-state index contributed by atoms with van der Waals surface area (Å²) in [6.45, 7) is 0. The van der Waals surface area contributed by atoms with Gasteiger partial charge in [0.25, 0.3) is 0 Å². The van der Waals surface area contributed by atoms with Gasteiger partial charge in [-0.1, -0.05) is 0 Å². The summed E-state index contributed by atoms with van der Waals surface area (Å²) in [7, 11) is 2.77. The normalized spacial score (nSPS) is 10.2. The van der Waals surface area contributed by atoms with E-state index in [1.54, 1.807) is 0 Å². The third-order valence-corrected chi connectivity index (χ3v) is 3.52. The van der Waals surface area contributed by atoms with E-state index in [0.29, 0.717) is 34.8 Å². The maximum atomic E-state index is 11.2. The molecule has 0 aromatic heterocycles. The Morgan fingerprint density at radius 1 is 0.826 bits per heavy atom. The highest BCUT2D eigenvalue weighted by Crippen LogP contribution is 2.33. The van der Waals surface area contributed by atoms with E-state index < -0.39 is 0 Å². The van der Waals surface area contributed by atoms with Gasteiger partial charge in [0.1, 0.15) is 12.6 Å². The molecule has 0 aliphatic carbocycles. The standard InChI is InChI=1S/C17H16O6/c1-22-16-6-12(8-18)10(4-14(16)20)3-11-5-15(21)17(23-2)7-13(11)9-19/h4-9,20-21H,3H2,1-2H3. The van der Waals surface area contributed by atoms with Gasteiger partial charge in [0.15, 0.2) is 23.0 Å². The molecule has 0 bridgehead atoms. The first-order valence-electron chi connectivity index (χ1n) is 6.74. The number of aromatic hydroxyl groups is 2. The highest BCUT2D eigenvalue weighted by Gasteiger charge is 2.14. The quantitative estimate of drug-likeness (QED) is 0.795. The molecule has 0 saturated heterocycles. The topological polar surface area (TPSA) is 93.1 Å². The second kappa shape index (κ2) is 6.83. The number of phenolic OH excluding ortho intramolecular Hbond substituents is 2. The molecule has 0 saturated carbocycles. The summed E-state index contributed by atoms with van der Waals surface area (Å²) < 4.78 is 9.93. The zero-order valence-electron chi connectivity index (χ0n) is 12.7. The lowest BCUT2D eigenvalue weighted by atomic mass is 9.96. The van der Waals surface area contributed by atoms with Crippen molar-refractivity contribution in [2.75, 3.05) is 14.2 Å². The largest absolute Gasteiger partial charge is 0.504 e. The second-order valence-corrected chi connectivity index (χ2v) is 4.86. The first-order valence-corrected chi connectivity index (χ1v) is 6.74. The van der Waals surface area contributed by atoms with Crippen molar-refractivity contribution in [1.82, 2.24) is 0 Å². The molecular weight excluding hydrogens is 300 g/mol. The third-order valence-electron chi connectivity index (χ3n) is 3.52. The van der Waals surface area contributed by atoms with E-state index >= 15 is 0 Å². The van der Waals surface area contributed by atoms with Gasteiger partial charge in [-0.3, -0.25) is 9.59 Å². The number of aldehydes is 2. The number of methoxy groups -OCH3 is 2. The number of carbonyl (C=O) groups is 2. The fourth-order valence-electron chi connectivity index (χ4n) is 2.31. The zero-order chi connectivity index (χ0) is 17.0. The van der Waals surface area contributed by atoms with E-state index in [9.17, 15) is 19.8 Å². The minimum absolute atomic E-state index is 0.113. The molecule has 23 heavy (non-hydrogen) atoms. The molecular formula is C17H16O6. The molecule has 2 N–H and O–H groups in total. The average Bonchev–Trinajstić information content (AvgIpc) is 2.55. The van der Waals surface area contributed by atoms with E-state index in [-0.39, 0.29) is 29.4 Å². The van der Waals surface area contributed by atoms with Crippen LogP contribution >= 0.6 is 0 Å². The van der Waals surface area contributed by atoms with Gasteiger partial charge >= 0.3 is 0 Å². The van der Waals surface area contributed by atoms with Crippen LogP contribution in [0.3, 0.4) is 0 Å². The Morgan fingerprint density at radius 3 is 1.52 bits per heavy atom. The molecule has 0 heterocycles. The second-order valence-electron chi connectivity index (χ2n) is 4.86. The average molecular weight is 316 g/mol. The summed E-state index contributed by atoms with van der Waals surface area (Å²) in [5.41, 5.74) is 1.66. The van der Waals surface area contributed by atoms with Gasteiger partial charge in [0.05, 0.1) is 14.2 Å². The highest BCUT2D eigenvalue weighted by molar-refractivity contribution is 5.82. The van der Waals surface area contributed by atoms with E-state index in [1.807, 2.05) is 0 Å². The van der Waals surface area contributed by atoms with Crippen LogP contribution in [0, 0.1) is 0 Å². The van der Waals surface area contributed by atoms with Crippen molar-refractivity contribution in [2.24, 2.45) is 0 Å². The van der Waals surface area contributed by atoms with Gasteiger partial charge in [-0.2, -0.15) is 0 Å². The number of carbonyl (C=O) groups excluding carboxylic acids is 2. The minimum Gasteiger partial charge on any atom is -0.504 e. The lowest BCUT2D eigenvalue weighted by molar-refractivity contribution is 0.111. The van der Waals surface area contributed by atoms with Crippen LogP contribution < -0.4 is 9.47 Å². The van der Waals surface area contributed by atoms with Crippen LogP contribution in [-0.2, 0) is 6.42 Å². The van der Waals surface area contributed by atoms with E-state index in [2.05, 4.69) is 0 Å². The number of hydrogen-bond acceptors (Lipinski definition) is 6. The van der Waals surface area contributed by atoms with Crippen LogP contribution in [0.15, 0.2) is 24.3 Å². The summed E-state index contributed by atoms with van der Waals surface area (Å²) in [4.78, 5) is 22.5. The van der Waals surface area contributed by atoms with Crippen molar-refractivity contribution in [3.05, 3.63) is 46.5 Å². The Balaban J connectivity index is 2.50. The van der Waals surface area contributed by atoms with Crippen molar-refractivity contribution in [3.8, 4) is 23.0 Å². The van der Waals surface area contributed by atoms with Crippen LogP contribution in [0.4, 0.5) is 0 Å². The molecule has 0 radical (unpaired) electrons. The number of rotatable bonds is 6. The highest BCUT2D eigenvalue weighted by atomic mass is 16.5. The Kier molecular flexibility index (Phi) is 4.85. The fraction of sp³-hybridized carbons (Fsp3) is 0.176. The lowest BCUT2D eigenvalue weighted by Gasteiger charge is -2.12. The summed E-state index contributed by atoms with van der Waals surface area (Å²) in [5.74, 6) is 0.144. The first kappa shape index (κ1) is 16.4. The third kappa shape index (κ3) is 3.26. The Labute approximate surface area is 132 Å². The van der Waals surface area contributed by atoms with Crippen LogP contribution in [0.5, 0.6) is 23.0 Å². The first-order chi connectivity index (χ1) is 11.0. The van der Waals surface area contributed by atoms with Gasteiger partial charge in [-0.25, -0.2) is 0 Å². The van der Waals surface area contributed by atoms with Gasteiger partial charge in [-0.05, 0) is 41.8 Å². The molecule has 120 valence electrons. The van der Waals surface area contributed by atoms with Gasteiger partial charge < -0.3 is 19.7 Å². The molecule has 0 amide bonds. The fourth-order valence-corrected chi connectivity index (χ4v) is 2.31. The molecule has 6 nitrogen and oxygen atoms in total. The summed E-state index contributed by atoms with van der Waals surface area (Å²) in [6, 6.07) is 5.64. The van der Waals surface area contributed by atoms with Crippen LogP contribution in [0.2, 0.25) is 0 Å². The Bertz CT molecular complexity index is 688. The van der Waals surface area contributed by atoms with Crippen LogP contribution in [0.1, 0.15) is 31.8 Å². The predicted molar refractivity (Wildman–Crippen MR) is 82.9 cm³/mol. The molecule has 6 heteroatoms. The molecule has 0 unspecified atom stereocenters. The number of ether oxygens (including phenoxy) is 2. The summed E-state index contributed by atoms with van der Waals surface area (Å²) in [5, 5.41) is 19.7. The molecule has 0 atom stereocenters. The van der Waals surface area contributed by atoms with Crippen molar-refractivity contribution in [3.63, 3.8) is 0 Å².